The first-order valence-corrected chi connectivity index (χ1v) is 9.41. The van der Waals surface area contributed by atoms with E-state index in [0.717, 1.165) is 36.4 Å². The molecule has 0 saturated heterocycles. The Labute approximate surface area is 165 Å². The number of methoxy groups -OCH3 is 1. The summed E-state index contributed by atoms with van der Waals surface area (Å²) in [5.41, 5.74) is 4.74. The fourth-order valence-electron chi connectivity index (χ4n) is 2.11. The van der Waals surface area contributed by atoms with Gasteiger partial charge in [0.05, 0.1) is 19.5 Å². The van der Waals surface area contributed by atoms with Crippen molar-refractivity contribution in [2.75, 3.05) is 19.5 Å². The third kappa shape index (κ3) is 6.12. The van der Waals surface area contributed by atoms with Gasteiger partial charge in [-0.15, -0.1) is 11.8 Å². The van der Waals surface area contributed by atoms with Gasteiger partial charge in [0.15, 0.2) is 11.5 Å². The Balaban J connectivity index is 1.88. The average molecular weight is 410 g/mol. The van der Waals surface area contributed by atoms with Crippen LogP contribution >= 0.6 is 11.8 Å². The van der Waals surface area contributed by atoms with Gasteiger partial charge in [0, 0.05) is 10.5 Å². The molecule has 2 N–H and O–H groups in total. The minimum Gasteiger partial charge on any atom is -0.493 e. The second-order valence-corrected chi connectivity index (χ2v) is 6.60. The monoisotopic (exact) mass is 410 g/mol. The van der Waals surface area contributed by atoms with Gasteiger partial charge in [-0.25, -0.2) is 8.78 Å². The maximum absolute atomic E-state index is 13.5. The molecule has 0 aromatic heterocycles. The molecule has 2 aromatic carbocycles. The van der Waals surface area contributed by atoms with E-state index >= 15 is 0 Å². The van der Waals surface area contributed by atoms with Gasteiger partial charge in [0.25, 0.3) is 5.91 Å². The molecule has 0 heterocycles. The number of hydrazine groups is 1. The van der Waals surface area contributed by atoms with E-state index in [4.69, 9.17) is 9.47 Å². The minimum atomic E-state index is -0.624. The molecule has 0 unspecified atom stereocenters. The molecule has 0 bridgehead atoms. The van der Waals surface area contributed by atoms with Gasteiger partial charge in [-0.2, -0.15) is 0 Å². The molecule has 0 saturated carbocycles. The summed E-state index contributed by atoms with van der Waals surface area (Å²) >= 11 is 0.818. The molecule has 0 radical (unpaired) electrons. The fourth-order valence-corrected chi connectivity index (χ4v) is 2.87. The Bertz CT molecular complexity index is 849. The predicted octanol–water partition coefficient (Wildman–Crippen LogP) is 3.32. The molecule has 0 spiro atoms. The van der Waals surface area contributed by atoms with Crippen molar-refractivity contribution in [1.82, 2.24) is 10.9 Å². The van der Waals surface area contributed by atoms with Crippen LogP contribution in [-0.4, -0.2) is 31.3 Å². The van der Waals surface area contributed by atoms with Crippen molar-refractivity contribution in [3.8, 4) is 11.5 Å². The fraction of sp³-hybridized carbons (Fsp3) is 0.263. The highest BCUT2D eigenvalue weighted by Crippen LogP contribution is 2.28. The number of benzene rings is 2. The van der Waals surface area contributed by atoms with Crippen molar-refractivity contribution in [3.63, 3.8) is 0 Å². The highest BCUT2D eigenvalue weighted by atomic mass is 32.2. The molecule has 9 heteroatoms. The second-order valence-electron chi connectivity index (χ2n) is 5.58. The average Bonchev–Trinajstić information content (AvgIpc) is 2.70. The second kappa shape index (κ2) is 10.5. The normalized spacial score (nSPS) is 10.3. The maximum Gasteiger partial charge on any atom is 0.269 e. The van der Waals surface area contributed by atoms with Crippen LogP contribution < -0.4 is 20.3 Å². The summed E-state index contributed by atoms with van der Waals surface area (Å²) in [5, 5.41) is 0. The summed E-state index contributed by atoms with van der Waals surface area (Å²) in [5.74, 6) is -1.65. The molecule has 0 fully saturated rings. The molecule has 0 aliphatic carbocycles. The van der Waals surface area contributed by atoms with Gasteiger partial charge in [0.2, 0.25) is 5.91 Å². The summed E-state index contributed by atoms with van der Waals surface area (Å²) < 4.78 is 37.4. The number of carbonyl (C=O) groups is 2. The van der Waals surface area contributed by atoms with Gasteiger partial charge in [-0.3, -0.25) is 20.4 Å². The number of hydrogen-bond donors (Lipinski definition) is 2. The molecule has 0 atom stereocenters. The molecular weight excluding hydrogens is 390 g/mol. The highest BCUT2D eigenvalue weighted by Gasteiger charge is 2.13. The molecule has 2 aromatic rings. The third-order valence-corrected chi connectivity index (χ3v) is 4.49. The summed E-state index contributed by atoms with van der Waals surface area (Å²) in [6, 6.07) is 7.61. The van der Waals surface area contributed by atoms with Crippen LogP contribution in [0, 0.1) is 11.6 Å². The number of rotatable bonds is 8. The Morgan fingerprint density at radius 3 is 2.57 bits per heavy atom. The number of halogens is 2. The van der Waals surface area contributed by atoms with E-state index in [1.54, 1.807) is 6.07 Å². The lowest BCUT2D eigenvalue weighted by Crippen LogP contribution is -2.42. The number of carbonyl (C=O) groups excluding carboxylic acids is 2. The van der Waals surface area contributed by atoms with E-state index in [1.165, 1.54) is 19.2 Å². The van der Waals surface area contributed by atoms with Crippen molar-refractivity contribution >= 4 is 23.6 Å². The smallest absolute Gasteiger partial charge is 0.269 e. The van der Waals surface area contributed by atoms with Crippen molar-refractivity contribution in [1.29, 1.82) is 0 Å². The predicted molar refractivity (Wildman–Crippen MR) is 101 cm³/mol. The van der Waals surface area contributed by atoms with Gasteiger partial charge in [0.1, 0.15) is 11.6 Å². The zero-order valence-corrected chi connectivity index (χ0v) is 16.2. The first kappa shape index (κ1) is 21.5. The number of amides is 2. The molecule has 6 nitrogen and oxygen atoms in total. The van der Waals surface area contributed by atoms with Crippen LogP contribution in [0.1, 0.15) is 23.7 Å². The zero-order valence-electron chi connectivity index (χ0n) is 15.4. The Hall–Kier alpha value is -2.81. The van der Waals surface area contributed by atoms with Crippen LogP contribution in [0.2, 0.25) is 0 Å². The minimum absolute atomic E-state index is 0.00822. The van der Waals surface area contributed by atoms with Gasteiger partial charge in [-0.05, 0) is 42.8 Å². The van der Waals surface area contributed by atoms with E-state index in [1.807, 2.05) is 6.92 Å². The van der Waals surface area contributed by atoms with Crippen LogP contribution in [-0.2, 0) is 4.79 Å². The number of ether oxygens (including phenoxy) is 2. The largest absolute Gasteiger partial charge is 0.493 e. The van der Waals surface area contributed by atoms with Crippen molar-refractivity contribution < 1.29 is 27.8 Å². The molecule has 0 aliphatic rings. The van der Waals surface area contributed by atoms with Crippen LogP contribution in [0.25, 0.3) is 0 Å². The lowest BCUT2D eigenvalue weighted by Gasteiger charge is -2.12. The van der Waals surface area contributed by atoms with Crippen LogP contribution in [0.4, 0.5) is 8.78 Å². The molecule has 0 aliphatic heterocycles. The molecular formula is C19H20F2N2O4S. The van der Waals surface area contributed by atoms with Crippen LogP contribution in [0.15, 0.2) is 41.3 Å². The van der Waals surface area contributed by atoms with E-state index in [-0.39, 0.29) is 16.2 Å². The Morgan fingerprint density at radius 2 is 1.86 bits per heavy atom. The van der Waals surface area contributed by atoms with Gasteiger partial charge in [-0.1, -0.05) is 6.92 Å². The van der Waals surface area contributed by atoms with Crippen LogP contribution in [0.3, 0.4) is 0 Å². The number of nitrogens with one attached hydrogen (secondary N) is 2. The van der Waals surface area contributed by atoms with Crippen molar-refractivity contribution in [2.45, 2.75) is 18.2 Å². The van der Waals surface area contributed by atoms with Crippen LogP contribution in [0.5, 0.6) is 11.5 Å². The first-order valence-electron chi connectivity index (χ1n) is 8.42. The first-order chi connectivity index (χ1) is 13.4. The lowest BCUT2D eigenvalue weighted by molar-refractivity contribution is -0.119. The number of hydrogen-bond acceptors (Lipinski definition) is 5. The SMILES string of the molecule is CCCOc1ccc(C(=O)NNC(=O)CSc2cc(F)ccc2F)cc1OC. The summed E-state index contributed by atoms with van der Waals surface area (Å²) in [7, 11) is 1.46. The maximum atomic E-state index is 13.5. The summed E-state index contributed by atoms with van der Waals surface area (Å²) in [4.78, 5) is 24.0. The van der Waals surface area contributed by atoms with E-state index < -0.39 is 23.4 Å². The summed E-state index contributed by atoms with van der Waals surface area (Å²) in [6.45, 7) is 2.49. The topological polar surface area (TPSA) is 76.7 Å². The molecule has 28 heavy (non-hydrogen) atoms. The Morgan fingerprint density at radius 1 is 1.07 bits per heavy atom. The molecule has 150 valence electrons. The standard InChI is InChI=1S/C19H20F2N2O4S/c1-3-8-27-15-7-4-12(9-16(15)26-2)19(25)23-22-18(24)11-28-17-10-13(20)5-6-14(17)21/h4-7,9-10H,3,8,11H2,1-2H3,(H,22,24)(H,23,25). The molecule has 2 rings (SSSR count). The highest BCUT2D eigenvalue weighted by molar-refractivity contribution is 8.00. The quantitative estimate of drug-likeness (QED) is 0.516. The van der Waals surface area contributed by atoms with Gasteiger partial charge >= 0.3 is 0 Å². The third-order valence-electron chi connectivity index (χ3n) is 3.45. The van der Waals surface area contributed by atoms with Crippen molar-refractivity contribution in [2.24, 2.45) is 0 Å². The van der Waals surface area contributed by atoms with E-state index in [0.29, 0.717) is 18.1 Å². The number of thioether (sulfide) groups is 1. The van der Waals surface area contributed by atoms with E-state index in [9.17, 15) is 18.4 Å². The zero-order chi connectivity index (χ0) is 20.5. The summed E-state index contributed by atoms with van der Waals surface area (Å²) in [6.07, 6.45) is 0.828. The molecule has 2 amide bonds. The van der Waals surface area contributed by atoms with Crippen molar-refractivity contribution in [3.05, 3.63) is 53.6 Å². The Kier molecular flexibility index (Phi) is 8.06. The van der Waals surface area contributed by atoms with Gasteiger partial charge < -0.3 is 9.47 Å². The van der Waals surface area contributed by atoms with E-state index in [2.05, 4.69) is 10.9 Å². The lowest BCUT2D eigenvalue weighted by atomic mass is 10.2.